The van der Waals surface area contributed by atoms with Crippen molar-refractivity contribution in [2.45, 2.75) is 31.9 Å². The van der Waals surface area contributed by atoms with Gasteiger partial charge in [0.25, 0.3) is 0 Å². The Morgan fingerprint density at radius 1 is 1.26 bits per heavy atom. The molecule has 1 aromatic rings. The van der Waals surface area contributed by atoms with E-state index in [0.717, 1.165) is 38.2 Å². The third-order valence-corrected chi connectivity index (χ3v) is 5.01. The summed E-state index contributed by atoms with van der Waals surface area (Å²) in [6.07, 6.45) is 5.32. The van der Waals surface area contributed by atoms with Crippen LogP contribution in [0.3, 0.4) is 0 Å². The van der Waals surface area contributed by atoms with Crippen LogP contribution in [0.5, 0.6) is 0 Å². The first-order valence-electron chi connectivity index (χ1n) is 8.58. The molecule has 0 spiro atoms. The van der Waals surface area contributed by atoms with E-state index in [2.05, 4.69) is 11.5 Å². The van der Waals surface area contributed by atoms with Crippen molar-refractivity contribution < 1.29 is 9.53 Å². The van der Waals surface area contributed by atoms with E-state index < -0.39 is 0 Å². The molecule has 2 heterocycles. The van der Waals surface area contributed by atoms with Gasteiger partial charge in [0.05, 0.1) is 0 Å². The summed E-state index contributed by atoms with van der Waals surface area (Å²) < 4.78 is 5.48. The van der Waals surface area contributed by atoms with Crippen LogP contribution in [0.1, 0.15) is 24.8 Å². The number of hydrogen-bond donors (Lipinski definition) is 0. The molecule has 0 N–H and O–H groups in total. The lowest BCUT2D eigenvalue weighted by molar-refractivity contribution is 0.0153. The van der Waals surface area contributed by atoms with E-state index in [1.807, 2.05) is 41.3 Å². The van der Waals surface area contributed by atoms with Crippen LogP contribution < -0.4 is 0 Å². The number of hydrogen-bond acceptors (Lipinski definition) is 3. The first-order chi connectivity index (χ1) is 11.3. The number of carbonyl (C=O) groups excluding carboxylic acids is 1. The van der Waals surface area contributed by atoms with Gasteiger partial charge in [0.2, 0.25) is 0 Å². The smallest absolute Gasteiger partial charge is 0.410 e. The summed E-state index contributed by atoms with van der Waals surface area (Å²) in [5, 5.41) is 0. The molecule has 2 aliphatic rings. The van der Waals surface area contributed by atoms with Gasteiger partial charge in [-0.2, -0.15) is 0 Å². The molecule has 4 heteroatoms. The number of amides is 1. The van der Waals surface area contributed by atoms with E-state index >= 15 is 0 Å². The zero-order valence-corrected chi connectivity index (χ0v) is 13.7. The highest BCUT2D eigenvalue weighted by Crippen LogP contribution is 2.31. The first-order valence-corrected chi connectivity index (χ1v) is 8.58. The number of piperidine rings is 1. The molecule has 1 unspecified atom stereocenters. The standard InChI is InChI=1S/C19H26N2O2/c1-2-11-20-13-10-18(20)17-9-6-12-21(14-17)19(22)23-15-16-7-4-3-5-8-16/h2-5,7-8,17-18H,1,6,9-15H2/t17?,18-/m1/s1. The Kier molecular flexibility index (Phi) is 5.34. The van der Waals surface area contributed by atoms with Gasteiger partial charge in [-0.05, 0) is 30.7 Å². The minimum Gasteiger partial charge on any atom is -0.445 e. The van der Waals surface area contributed by atoms with Crippen LogP contribution in [0.2, 0.25) is 0 Å². The van der Waals surface area contributed by atoms with Crippen molar-refractivity contribution in [3.63, 3.8) is 0 Å². The molecule has 1 aromatic carbocycles. The maximum absolute atomic E-state index is 12.3. The lowest BCUT2D eigenvalue weighted by Gasteiger charge is -2.47. The molecule has 1 amide bonds. The van der Waals surface area contributed by atoms with Gasteiger partial charge >= 0.3 is 6.09 Å². The van der Waals surface area contributed by atoms with Gasteiger partial charge in [0.15, 0.2) is 0 Å². The largest absolute Gasteiger partial charge is 0.445 e. The van der Waals surface area contributed by atoms with Crippen LogP contribution in [-0.4, -0.2) is 48.1 Å². The molecular weight excluding hydrogens is 288 g/mol. The lowest BCUT2D eigenvalue weighted by atomic mass is 9.83. The van der Waals surface area contributed by atoms with Crippen LogP contribution >= 0.6 is 0 Å². The molecule has 23 heavy (non-hydrogen) atoms. The minimum atomic E-state index is -0.173. The molecule has 124 valence electrons. The minimum absolute atomic E-state index is 0.173. The summed E-state index contributed by atoms with van der Waals surface area (Å²) in [5.41, 5.74) is 1.03. The van der Waals surface area contributed by atoms with E-state index in [1.165, 1.54) is 12.8 Å². The van der Waals surface area contributed by atoms with Crippen molar-refractivity contribution in [1.82, 2.24) is 9.80 Å². The highest BCUT2D eigenvalue weighted by molar-refractivity contribution is 5.67. The fourth-order valence-corrected chi connectivity index (χ4v) is 3.69. The van der Waals surface area contributed by atoms with Crippen molar-refractivity contribution in [1.29, 1.82) is 0 Å². The zero-order chi connectivity index (χ0) is 16.1. The number of benzene rings is 1. The summed E-state index contributed by atoms with van der Waals surface area (Å²) in [6.45, 7) is 7.95. The monoisotopic (exact) mass is 314 g/mol. The fourth-order valence-electron chi connectivity index (χ4n) is 3.69. The Balaban J connectivity index is 1.49. The van der Waals surface area contributed by atoms with E-state index in [-0.39, 0.29) is 6.09 Å². The quantitative estimate of drug-likeness (QED) is 0.782. The highest BCUT2D eigenvalue weighted by Gasteiger charge is 2.37. The molecule has 0 radical (unpaired) electrons. The van der Waals surface area contributed by atoms with Gasteiger partial charge in [-0.3, -0.25) is 4.90 Å². The SMILES string of the molecule is C=CCN1CC[C@@H]1C1CCCN(C(=O)OCc2ccccc2)C1. The number of rotatable bonds is 5. The van der Waals surface area contributed by atoms with Crippen LogP contribution in [0, 0.1) is 5.92 Å². The molecule has 4 nitrogen and oxygen atoms in total. The number of likely N-dealkylation sites (tertiary alicyclic amines) is 2. The molecule has 0 aromatic heterocycles. The van der Waals surface area contributed by atoms with Crippen molar-refractivity contribution in [2.75, 3.05) is 26.2 Å². The topological polar surface area (TPSA) is 32.8 Å². The van der Waals surface area contributed by atoms with Crippen LogP contribution in [0.4, 0.5) is 4.79 Å². The maximum Gasteiger partial charge on any atom is 0.410 e. The van der Waals surface area contributed by atoms with Gasteiger partial charge in [-0.25, -0.2) is 4.79 Å². The van der Waals surface area contributed by atoms with Crippen LogP contribution in [0.25, 0.3) is 0 Å². The summed E-state index contributed by atoms with van der Waals surface area (Å²) in [6, 6.07) is 10.5. The molecule has 2 aliphatic heterocycles. The van der Waals surface area contributed by atoms with E-state index in [1.54, 1.807) is 0 Å². The van der Waals surface area contributed by atoms with Gasteiger partial charge in [-0.1, -0.05) is 36.4 Å². The molecular formula is C19H26N2O2. The molecule has 0 bridgehead atoms. The van der Waals surface area contributed by atoms with E-state index in [4.69, 9.17) is 4.74 Å². The van der Waals surface area contributed by atoms with Gasteiger partial charge in [0.1, 0.15) is 6.61 Å². The third-order valence-electron chi connectivity index (χ3n) is 5.01. The Labute approximate surface area is 138 Å². The Morgan fingerprint density at radius 2 is 2.09 bits per heavy atom. The second-order valence-electron chi connectivity index (χ2n) is 6.53. The van der Waals surface area contributed by atoms with Gasteiger partial charge in [-0.15, -0.1) is 6.58 Å². The number of nitrogens with zero attached hydrogens (tertiary/aromatic N) is 2. The lowest BCUT2D eigenvalue weighted by Crippen LogP contribution is -2.56. The molecule has 2 fully saturated rings. The van der Waals surface area contributed by atoms with Crippen molar-refractivity contribution in [3.05, 3.63) is 48.6 Å². The molecule has 0 aliphatic carbocycles. The van der Waals surface area contributed by atoms with Gasteiger partial charge in [0, 0.05) is 32.2 Å². The van der Waals surface area contributed by atoms with Crippen molar-refractivity contribution in [2.24, 2.45) is 5.92 Å². The Hall–Kier alpha value is -1.81. The van der Waals surface area contributed by atoms with Crippen LogP contribution in [0.15, 0.2) is 43.0 Å². The van der Waals surface area contributed by atoms with E-state index in [0.29, 0.717) is 18.6 Å². The predicted molar refractivity (Wildman–Crippen MR) is 91.1 cm³/mol. The molecule has 2 saturated heterocycles. The second-order valence-corrected chi connectivity index (χ2v) is 6.53. The molecule has 0 saturated carbocycles. The molecule has 2 atom stereocenters. The predicted octanol–water partition coefficient (Wildman–Crippen LogP) is 3.30. The van der Waals surface area contributed by atoms with Gasteiger partial charge < -0.3 is 9.64 Å². The Morgan fingerprint density at radius 3 is 2.78 bits per heavy atom. The fraction of sp³-hybridized carbons (Fsp3) is 0.526. The maximum atomic E-state index is 12.3. The van der Waals surface area contributed by atoms with Crippen molar-refractivity contribution in [3.8, 4) is 0 Å². The summed E-state index contributed by atoms with van der Waals surface area (Å²) >= 11 is 0. The number of ether oxygens (including phenoxy) is 1. The first kappa shape index (κ1) is 16.1. The average Bonchev–Trinajstić information content (AvgIpc) is 2.58. The third kappa shape index (κ3) is 3.94. The number of carbonyl (C=O) groups is 1. The van der Waals surface area contributed by atoms with Crippen molar-refractivity contribution >= 4 is 6.09 Å². The zero-order valence-electron chi connectivity index (χ0n) is 13.7. The van der Waals surface area contributed by atoms with E-state index in [9.17, 15) is 4.79 Å². The summed E-state index contributed by atoms with van der Waals surface area (Å²) in [4.78, 5) is 16.7. The average molecular weight is 314 g/mol. The second kappa shape index (κ2) is 7.64. The summed E-state index contributed by atoms with van der Waals surface area (Å²) in [5.74, 6) is 0.571. The Bertz CT molecular complexity index is 531. The normalized spacial score (nSPS) is 24.8. The molecule has 3 rings (SSSR count). The summed E-state index contributed by atoms with van der Waals surface area (Å²) in [7, 11) is 0. The van der Waals surface area contributed by atoms with Crippen LogP contribution in [-0.2, 0) is 11.3 Å². The highest BCUT2D eigenvalue weighted by atomic mass is 16.6.